The molecule has 1 aromatic heterocycles. The van der Waals surface area contributed by atoms with Gasteiger partial charge in [-0.2, -0.15) is 0 Å². The second-order valence-electron chi connectivity index (χ2n) is 6.78. The molecule has 2 amide bonds. The van der Waals surface area contributed by atoms with Gasteiger partial charge < -0.3 is 24.1 Å². The summed E-state index contributed by atoms with van der Waals surface area (Å²) in [4.78, 5) is 37.9. The molecule has 0 spiro atoms. The van der Waals surface area contributed by atoms with E-state index in [1.54, 1.807) is 53.4 Å². The molecule has 2 aromatic carbocycles. The van der Waals surface area contributed by atoms with E-state index in [0.29, 0.717) is 48.9 Å². The monoisotopic (exact) mass is 408 g/mol. The highest BCUT2D eigenvalue weighted by Gasteiger charge is 2.18. The zero-order valence-electron chi connectivity index (χ0n) is 16.1. The molecule has 1 fully saturated rings. The van der Waals surface area contributed by atoms with Crippen molar-refractivity contribution in [3.8, 4) is 5.75 Å². The molecule has 154 valence electrons. The van der Waals surface area contributed by atoms with Crippen molar-refractivity contribution in [2.75, 3.05) is 38.2 Å². The smallest absolute Gasteiger partial charge is 0.336 e. The van der Waals surface area contributed by atoms with Crippen molar-refractivity contribution in [2.24, 2.45) is 0 Å². The molecule has 0 bridgehead atoms. The molecule has 0 atom stereocenters. The highest BCUT2D eigenvalue weighted by atomic mass is 16.5. The molecule has 0 radical (unpaired) electrons. The maximum Gasteiger partial charge on any atom is 0.336 e. The molecule has 0 unspecified atom stereocenters. The van der Waals surface area contributed by atoms with Gasteiger partial charge in [0.1, 0.15) is 11.3 Å². The van der Waals surface area contributed by atoms with Gasteiger partial charge in [-0.15, -0.1) is 0 Å². The van der Waals surface area contributed by atoms with Gasteiger partial charge in [0.05, 0.1) is 13.2 Å². The number of benzene rings is 2. The zero-order chi connectivity index (χ0) is 20.9. The maximum absolute atomic E-state index is 12.6. The largest absolute Gasteiger partial charge is 0.484 e. The first-order valence-electron chi connectivity index (χ1n) is 9.52. The number of fused-ring (bicyclic) bond motifs is 1. The zero-order valence-corrected chi connectivity index (χ0v) is 16.1. The number of ether oxygens (including phenoxy) is 2. The summed E-state index contributed by atoms with van der Waals surface area (Å²) in [6.45, 7) is 1.92. The van der Waals surface area contributed by atoms with Gasteiger partial charge in [0, 0.05) is 41.9 Å². The lowest BCUT2D eigenvalue weighted by Gasteiger charge is -2.27. The summed E-state index contributed by atoms with van der Waals surface area (Å²) in [7, 11) is 0. The van der Waals surface area contributed by atoms with Crippen molar-refractivity contribution in [3.05, 3.63) is 70.6 Å². The van der Waals surface area contributed by atoms with Gasteiger partial charge in [-0.25, -0.2) is 4.79 Å². The lowest BCUT2D eigenvalue weighted by molar-refractivity contribution is -0.118. The van der Waals surface area contributed by atoms with Gasteiger partial charge in [-0.3, -0.25) is 9.59 Å². The minimum absolute atomic E-state index is 0.0942. The van der Waals surface area contributed by atoms with Crippen LogP contribution in [0.15, 0.2) is 63.8 Å². The first-order valence-corrected chi connectivity index (χ1v) is 9.52. The number of anilines is 1. The minimum Gasteiger partial charge on any atom is -0.484 e. The lowest BCUT2D eigenvalue weighted by atomic mass is 10.1. The van der Waals surface area contributed by atoms with Gasteiger partial charge in [-0.05, 0) is 36.4 Å². The summed E-state index contributed by atoms with van der Waals surface area (Å²) in [6.07, 6.45) is 0. The SMILES string of the molecule is O=C(COc1ccc2ccc(=O)oc2c1)Nc1cccc(C(=O)N2CCOCC2)c1. The number of carbonyl (C=O) groups excluding carboxylic acids is 2. The number of rotatable bonds is 5. The third kappa shape index (κ3) is 4.66. The van der Waals surface area contributed by atoms with Gasteiger partial charge in [0.25, 0.3) is 11.8 Å². The van der Waals surface area contributed by atoms with E-state index in [4.69, 9.17) is 13.9 Å². The van der Waals surface area contributed by atoms with E-state index in [1.165, 1.54) is 6.07 Å². The number of nitrogens with one attached hydrogen (secondary N) is 1. The molecule has 8 heteroatoms. The Morgan fingerprint density at radius 3 is 2.67 bits per heavy atom. The summed E-state index contributed by atoms with van der Waals surface area (Å²) in [5.41, 5.74) is 0.936. The molecular weight excluding hydrogens is 388 g/mol. The average molecular weight is 408 g/mol. The average Bonchev–Trinajstić information content (AvgIpc) is 2.77. The van der Waals surface area contributed by atoms with Crippen LogP contribution in [0.25, 0.3) is 11.0 Å². The molecule has 1 aliphatic rings. The van der Waals surface area contributed by atoms with Gasteiger partial charge >= 0.3 is 5.63 Å². The van der Waals surface area contributed by atoms with Crippen molar-refractivity contribution in [1.29, 1.82) is 0 Å². The second-order valence-corrected chi connectivity index (χ2v) is 6.78. The maximum atomic E-state index is 12.6. The molecular formula is C22H20N2O6. The second kappa shape index (κ2) is 8.79. The van der Waals surface area contributed by atoms with Crippen LogP contribution in [0.2, 0.25) is 0 Å². The van der Waals surface area contributed by atoms with Crippen LogP contribution in [0.4, 0.5) is 5.69 Å². The summed E-state index contributed by atoms with van der Waals surface area (Å²) in [5, 5.41) is 3.48. The third-order valence-corrected chi connectivity index (χ3v) is 4.66. The van der Waals surface area contributed by atoms with Crippen LogP contribution in [-0.2, 0) is 9.53 Å². The highest BCUT2D eigenvalue weighted by Crippen LogP contribution is 2.19. The Morgan fingerprint density at radius 1 is 1.03 bits per heavy atom. The summed E-state index contributed by atoms with van der Waals surface area (Å²) < 4.78 is 15.9. The molecule has 8 nitrogen and oxygen atoms in total. The standard InChI is InChI=1S/C22H20N2O6/c25-20(14-29-18-6-4-15-5-7-21(26)30-19(15)13-18)23-17-3-1-2-16(12-17)22(27)24-8-10-28-11-9-24/h1-7,12-13H,8-11,14H2,(H,23,25). The van der Waals surface area contributed by atoms with Crippen LogP contribution in [-0.4, -0.2) is 49.6 Å². The number of amides is 2. The summed E-state index contributed by atoms with van der Waals surface area (Å²) in [5.74, 6) is -0.0628. The van der Waals surface area contributed by atoms with Crippen molar-refractivity contribution in [1.82, 2.24) is 4.90 Å². The van der Waals surface area contributed by atoms with E-state index >= 15 is 0 Å². The van der Waals surface area contributed by atoms with E-state index in [-0.39, 0.29) is 18.4 Å². The molecule has 3 aromatic rings. The third-order valence-electron chi connectivity index (χ3n) is 4.66. The van der Waals surface area contributed by atoms with Gasteiger partial charge in [0.2, 0.25) is 0 Å². The summed E-state index contributed by atoms with van der Waals surface area (Å²) in [6, 6.07) is 14.8. The quantitative estimate of drug-likeness (QED) is 0.651. The first-order chi connectivity index (χ1) is 14.6. The van der Waals surface area contributed by atoms with Crippen LogP contribution in [0.1, 0.15) is 10.4 Å². The van der Waals surface area contributed by atoms with Crippen molar-refractivity contribution in [2.45, 2.75) is 0 Å². The molecule has 2 heterocycles. The Morgan fingerprint density at radius 2 is 1.83 bits per heavy atom. The van der Waals surface area contributed by atoms with Crippen molar-refractivity contribution >= 4 is 28.5 Å². The van der Waals surface area contributed by atoms with Crippen LogP contribution in [0.5, 0.6) is 5.75 Å². The number of carbonyl (C=O) groups is 2. The van der Waals surface area contributed by atoms with E-state index in [9.17, 15) is 14.4 Å². The predicted octanol–water partition coefficient (Wildman–Crippen LogP) is 2.28. The topological polar surface area (TPSA) is 98.1 Å². The normalized spacial score (nSPS) is 13.8. The Kier molecular flexibility index (Phi) is 5.76. The summed E-state index contributed by atoms with van der Waals surface area (Å²) >= 11 is 0. The molecule has 30 heavy (non-hydrogen) atoms. The molecule has 4 rings (SSSR count). The highest BCUT2D eigenvalue weighted by molar-refractivity contribution is 5.97. The van der Waals surface area contributed by atoms with E-state index in [1.807, 2.05) is 0 Å². The molecule has 0 aliphatic carbocycles. The lowest BCUT2D eigenvalue weighted by Crippen LogP contribution is -2.40. The van der Waals surface area contributed by atoms with E-state index in [0.717, 1.165) is 5.39 Å². The first kappa shape index (κ1) is 19.7. The fraction of sp³-hybridized carbons (Fsp3) is 0.227. The number of morpholine rings is 1. The van der Waals surface area contributed by atoms with Crippen LogP contribution in [0, 0.1) is 0 Å². The van der Waals surface area contributed by atoms with Gasteiger partial charge in [-0.1, -0.05) is 6.07 Å². The predicted molar refractivity (Wildman–Crippen MR) is 110 cm³/mol. The Labute approximate surface area is 172 Å². The number of hydrogen-bond acceptors (Lipinski definition) is 6. The molecule has 1 N–H and O–H groups in total. The molecule has 1 saturated heterocycles. The van der Waals surface area contributed by atoms with Crippen molar-refractivity contribution in [3.63, 3.8) is 0 Å². The van der Waals surface area contributed by atoms with Crippen LogP contribution < -0.4 is 15.7 Å². The molecule has 0 saturated carbocycles. The van der Waals surface area contributed by atoms with E-state index in [2.05, 4.69) is 5.32 Å². The fourth-order valence-electron chi connectivity index (χ4n) is 3.16. The fourth-order valence-corrected chi connectivity index (χ4v) is 3.16. The van der Waals surface area contributed by atoms with Crippen LogP contribution >= 0.6 is 0 Å². The van der Waals surface area contributed by atoms with Gasteiger partial charge in [0.15, 0.2) is 6.61 Å². The Hall–Kier alpha value is -3.65. The van der Waals surface area contributed by atoms with Crippen molar-refractivity contribution < 1.29 is 23.5 Å². The molecule has 1 aliphatic heterocycles. The van der Waals surface area contributed by atoms with Crippen LogP contribution in [0.3, 0.4) is 0 Å². The Balaban J connectivity index is 1.37. The Bertz CT molecular complexity index is 1130. The van der Waals surface area contributed by atoms with E-state index < -0.39 is 5.63 Å². The minimum atomic E-state index is -0.455. The number of nitrogens with zero attached hydrogens (tertiary/aromatic N) is 1. The number of hydrogen-bond donors (Lipinski definition) is 1.